The van der Waals surface area contributed by atoms with Gasteiger partial charge in [-0.15, -0.1) is 16.4 Å². The number of amides is 1. The second-order valence-corrected chi connectivity index (χ2v) is 7.43. The molecule has 29 heavy (non-hydrogen) atoms. The highest BCUT2D eigenvalue weighted by molar-refractivity contribution is 7.13. The summed E-state index contributed by atoms with van der Waals surface area (Å²) >= 11 is 1.25. The van der Waals surface area contributed by atoms with E-state index >= 15 is 0 Å². The van der Waals surface area contributed by atoms with Gasteiger partial charge in [0.2, 0.25) is 5.82 Å². The third-order valence-corrected chi connectivity index (χ3v) is 4.95. The lowest BCUT2D eigenvalue weighted by atomic mass is 10.1. The lowest BCUT2D eigenvalue weighted by Gasteiger charge is -2.09. The summed E-state index contributed by atoms with van der Waals surface area (Å²) in [5.74, 6) is -1.41. The standard InChI is InChI=1S/C19H14F3N5OS/c1-10-6-11(2)8-12(7-10)23-17(28)16-25-18-24-13(14-4-3-5-29-14)9-15(19(20,21)22)27(18)26-16/h3-9H,1-2H3,(H,23,28). The fraction of sp³-hybridized carbons (Fsp3) is 0.158. The number of nitrogens with one attached hydrogen (secondary N) is 1. The second kappa shape index (κ2) is 6.96. The SMILES string of the molecule is Cc1cc(C)cc(NC(=O)c2nc3nc(-c4cccs4)cc(C(F)(F)F)n3n2)c1. The van der Waals surface area contributed by atoms with Crippen molar-refractivity contribution in [3.05, 3.63) is 64.4 Å². The van der Waals surface area contributed by atoms with Crippen LogP contribution in [0.25, 0.3) is 16.3 Å². The lowest BCUT2D eigenvalue weighted by Crippen LogP contribution is -2.16. The molecule has 0 aliphatic rings. The molecule has 0 atom stereocenters. The quantitative estimate of drug-likeness (QED) is 0.523. The predicted molar refractivity (Wildman–Crippen MR) is 103 cm³/mol. The number of aryl methyl sites for hydroxylation is 2. The Morgan fingerprint density at radius 1 is 1.10 bits per heavy atom. The molecule has 3 aromatic heterocycles. The monoisotopic (exact) mass is 417 g/mol. The number of halogens is 3. The van der Waals surface area contributed by atoms with Crippen LogP contribution in [-0.4, -0.2) is 25.5 Å². The number of rotatable bonds is 3. The van der Waals surface area contributed by atoms with Gasteiger partial charge in [0.25, 0.3) is 11.7 Å². The first-order valence-corrected chi connectivity index (χ1v) is 9.37. The Balaban J connectivity index is 1.77. The van der Waals surface area contributed by atoms with E-state index in [0.717, 1.165) is 17.2 Å². The van der Waals surface area contributed by atoms with Crippen LogP contribution in [0.15, 0.2) is 41.8 Å². The van der Waals surface area contributed by atoms with Gasteiger partial charge >= 0.3 is 6.18 Å². The van der Waals surface area contributed by atoms with Gasteiger partial charge in [0.15, 0.2) is 5.69 Å². The average Bonchev–Trinajstić information content (AvgIpc) is 3.28. The summed E-state index contributed by atoms with van der Waals surface area (Å²) in [6.45, 7) is 3.74. The summed E-state index contributed by atoms with van der Waals surface area (Å²) in [5.41, 5.74) is 1.45. The fourth-order valence-corrected chi connectivity index (χ4v) is 3.64. The van der Waals surface area contributed by atoms with E-state index in [1.54, 1.807) is 29.6 Å². The summed E-state index contributed by atoms with van der Waals surface area (Å²) < 4.78 is 41.3. The van der Waals surface area contributed by atoms with Crippen molar-refractivity contribution in [1.29, 1.82) is 0 Å². The summed E-state index contributed by atoms with van der Waals surface area (Å²) in [6.07, 6.45) is -4.69. The normalized spacial score (nSPS) is 11.8. The number of thiophene rings is 1. The molecule has 4 rings (SSSR count). The molecule has 0 spiro atoms. The third kappa shape index (κ3) is 3.83. The number of nitrogens with zero attached hydrogens (tertiary/aromatic N) is 4. The molecule has 0 saturated heterocycles. The average molecular weight is 417 g/mol. The van der Waals surface area contributed by atoms with Gasteiger partial charge in [0.05, 0.1) is 10.6 Å². The Morgan fingerprint density at radius 3 is 2.45 bits per heavy atom. The van der Waals surface area contributed by atoms with Crippen LogP contribution >= 0.6 is 11.3 Å². The number of benzene rings is 1. The fourth-order valence-electron chi connectivity index (χ4n) is 2.95. The van der Waals surface area contributed by atoms with Crippen LogP contribution in [0.3, 0.4) is 0 Å². The Kier molecular flexibility index (Phi) is 4.58. The molecule has 0 fully saturated rings. The Hall–Kier alpha value is -3.27. The maximum Gasteiger partial charge on any atom is 0.433 e. The number of alkyl halides is 3. The minimum absolute atomic E-state index is 0.119. The van der Waals surface area contributed by atoms with Crippen molar-refractivity contribution in [2.24, 2.45) is 0 Å². The van der Waals surface area contributed by atoms with Gasteiger partial charge in [0, 0.05) is 5.69 Å². The highest BCUT2D eigenvalue weighted by atomic mass is 32.1. The molecule has 6 nitrogen and oxygen atoms in total. The second-order valence-electron chi connectivity index (χ2n) is 6.48. The Labute approximate surface area is 167 Å². The number of hydrogen-bond acceptors (Lipinski definition) is 5. The molecule has 0 aliphatic heterocycles. The number of hydrogen-bond donors (Lipinski definition) is 1. The minimum Gasteiger partial charge on any atom is -0.319 e. The largest absolute Gasteiger partial charge is 0.433 e. The molecule has 10 heteroatoms. The molecule has 148 valence electrons. The van der Waals surface area contributed by atoms with E-state index in [-0.39, 0.29) is 11.5 Å². The van der Waals surface area contributed by atoms with Gasteiger partial charge in [-0.3, -0.25) is 4.79 Å². The van der Waals surface area contributed by atoms with Crippen LogP contribution in [-0.2, 0) is 6.18 Å². The zero-order valence-electron chi connectivity index (χ0n) is 15.3. The molecule has 1 aromatic carbocycles. The van der Waals surface area contributed by atoms with Gasteiger partial charge in [-0.1, -0.05) is 12.1 Å². The zero-order valence-corrected chi connectivity index (χ0v) is 16.1. The van der Waals surface area contributed by atoms with E-state index in [1.807, 2.05) is 19.9 Å². The van der Waals surface area contributed by atoms with E-state index in [9.17, 15) is 18.0 Å². The molecule has 1 amide bonds. The van der Waals surface area contributed by atoms with Crippen LogP contribution in [0.5, 0.6) is 0 Å². The van der Waals surface area contributed by atoms with E-state index < -0.39 is 23.6 Å². The minimum atomic E-state index is -4.69. The van der Waals surface area contributed by atoms with Crippen molar-refractivity contribution in [2.45, 2.75) is 20.0 Å². The first kappa shape index (κ1) is 19.1. The number of carbonyl (C=O) groups is 1. The number of fused-ring (bicyclic) bond motifs is 1. The highest BCUT2D eigenvalue weighted by Gasteiger charge is 2.36. The van der Waals surface area contributed by atoms with Gasteiger partial charge in [-0.2, -0.15) is 22.7 Å². The van der Waals surface area contributed by atoms with Crippen LogP contribution < -0.4 is 5.32 Å². The molecule has 0 radical (unpaired) electrons. The Morgan fingerprint density at radius 2 is 1.83 bits per heavy atom. The van der Waals surface area contributed by atoms with Crippen LogP contribution in [0, 0.1) is 13.8 Å². The highest BCUT2D eigenvalue weighted by Crippen LogP contribution is 2.33. The van der Waals surface area contributed by atoms with Gasteiger partial charge in [-0.25, -0.2) is 4.98 Å². The van der Waals surface area contributed by atoms with E-state index in [1.165, 1.54) is 11.3 Å². The summed E-state index contributed by atoms with van der Waals surface area (Å²) in [4.78, 5) is 21.2. The summed E-state index contributed by atoms with van der Waals surface area (Å²) in [5, 5.41) is 8.11. The number of aromatic nitrogens is 4. The summed E-state index contributed by atoms with van der Waals surface area (Å²) in [7, 11) is 0. The van der Waals surface area contributed by atoms with Crippen molar-refractivity contribution in [3.8, 4) is 10.6 Å². The predicted octanol–water partition coefficient (Wildman–Crippen LogP) is 4.74. The van der Waals surface area contributed by atoms with Crippen LogP contribution in [0.4, 0.5) is 18.9 Å². The van der Waals surface area contributed by atoms with Crippen molar-refractivity contribution in [2.75, 3.05) is 5.32 Å². The molecule has 0 saturated carbocycles. The van der Waals surface area contributed by atoms with Crippen LogP contribution in [0.1, 0.15) is 27.4 Å². The van der Waals surface area contributed by atoms with E-state index in [4.69, 9.17) is 0 Å². The van der Waals surface area contributed by atoms with Crippen molar-refractivity contribution in [3.63, 3.8) is 0 Å². The van der Waals surface area contributed by atoms with Gasteiger partial charge in [-0.05, 0) is 54.6 Å². The van der Waals surface area contributed by atoms with Crippen molar-refractivity contribution < 1.29 is 18.0 Å². The molecule has 4 aromatic rings. The maximum absolute atomic E-state index is 13.6. The number of anilines is 1. The smallest absolute Gasteiger partial charge is 0.319 e. The zero-order chi connectivity index (χ0) is 20.8. The van der Waals surface area contributed by atoms with Gasteiger partial charge < -0.3 is 5.32 Å². The molecule has 1 N–H and O–H groups in total. The van der Waals surface area contributed by atoms with Crippen molar-refractivity contribution in [1.82, 2.24) is 19.6 Å². The maximum atomic E-state index is 13.6. The molecular formula is C19H14F3N5OS. The topological polar surface area (TPSA) is 72.2 Å². The molecule has 0 unspecified atom stereocenters. The van der Waals surface area contributed by atoms with Gasteiger partial charge in [0.1, 0.15) is 0 Å². The van der Waals surface area contributed by atoms with E-state index in [2.05, 4.69) is 20.4 Å². The van der Waals surface area contributed by atoms with Crippen molar-refractivity contribution >= 4 is 28.7 Å². The van der Waals surface area contributed by atoms with E-state index in [0.29, 0.717) is 15.1 Å². The first-order chi connectivity index (χ1) is 13.7. The Bertz CT molecular complexity index is 1190. The lowest BCUT2D eigenvalue weighted by molar-refractivity contribution is -0.142. The first-order valence-electron chi connectivity index (χ1n) is 8.49. The van der Waals surface area contributed by atoms with Crippen LogP contribution in [0.2, 0.25) is 0 Å². The summed E-state index contributed by atoms with van der Waals surface area (Å²) in [6, 6.07) is 9.70. The molecule has 3 heterocycles. The number of carbonyl (C=O) groups excluding carboxylic acids is 1. The molecule has 0 bridgehead atoms. The third-order valence-electron chi connectivity index (χ3n) is 4.06. The molecule has 0 aliphatic carbocycles. The molecular weight excluding hydrogens is 403 g/mol.